The average Bonchev–Trinajstić information content (AvgIpc) is 2.52. The summed E-state index contributed by atoms with van der Waals surface area (Å²) in [6.07, 6.45) is 0.233. The first-order valence-electron chi connectivity index (χ1n) is 3.49. The van der Waals surface area contributed by atoms with E-state index in [-0.39, 0.29) is 24.5 Å². The summed E-state index contributed by atoms with van der Waals surface area (Å²) in [5, 5.41) is 17.1. The molecule has 1 amide bonds. The first kappa shape index (κ1) is 8.99. The molecule has 0 aliphatic heterocycles. The van der Waals surface area contributed by atoms with Gasteiger partial charge in [-0.1, -0.05) is 0 Å². The molecule has 3 N–H and O–H groups in total. The second-order valence-electron chi connectivity index (χ2n) is 2.16. The number of amides is 1. The molecule has 0 aliphatic rings. The molecule has 1 aromatic heterocycles. The van der Waals surface area contributed by atoms with Crippen LogP contribution < -0.4 is 11.1 Å². The first-order valence-corrected chi connectivity index (χ1v) is 3.49. The summed E-state index contributed by atoms with van der Waals surface area (Å²) >= 11 is 0. The van der Waals surface area contributed by atoms with Crippen LogP contribution in [0.25, 0.3) is 0 Å². The van der Waals surface area contributed by atoms with Crippen LogP contribution in [0.5, 0.6) is 0 Å². The second-order valence-corrected chi connectivity index (χ2v) is 2.16. The molecule has 0 atom stereocenters. The van der Waals surface area contributed by atoms with Crippen LogP contribution in [0.4, 0.5) is 5.82 Å². The van der Waals surface area contributed by atoms with Crippen LogP contribution in [0.2, 0.25) is 0 Å². The van der Waals surface area contributed by atoms with Crippen LogP contribution in [0, 0.1) is 11.3 Å². The minimum Gasteiger partial charge on any atom is -0.379 e. The van der Waals surface area contributed by atoms with Crippen molar-refractivity contribution in [2.24, 2.45) is 0 Å². The predicted octanol–water partition coefficient (Wildman–Crippen LogP) is -0.705. The van der Waals surface area contributed by atoms with Crippen LogP contribution in [0.1, 0.15) is 16.9 Å². The number of carbonyl (C=O) groups excluding carboxylic acids is 1. The van der Waals surface area contributed by atoms with Gasteiger partial charge < -0.3 is 11.1 Å². The Morgan fingerprint density at radius 1 is 1.69 bits per heavy atom. The lowest BCUT2D eigenvalue weighted by Crippen LogP contribution is -2.25. The van der Waals surface area contributed by atoms with Crippen LogP contribution in [-0.4, -0.2) is 22.8 Å². The van der Waals surface area contributed by atoms with Crippen LogP contribution in [0.3, 0.4) is 0 Å². The van der Waals surface area contributed by atoms with Crippen molar-refractivity contribution in [1.82, 2.24) is 15.6 Å². The fourth-order valence-corrected chi connectivity index (χ4v) is 0.669. The normalized spacial score (nSPS) is 9.15. The molecule has 0 radical (unpaired) electrons. The van der Waals surface area contributed by atoms with Crippen LogP contribution in [-0.2, 0) is 0 Å². The van der Waals surface area contributed by atoms with Crippen LogP contribution >= 0.6 is 0 Å². The zero-order valence-corrected chi connectivity index (χ0v) is 6.65. The van der Waals surface area contributed by atoms with E-state index < -0.39 is 5.91 Å². The van der Waals surface area contributed by atoms with E-state index in [0.717, 1.165) is 0 Å². The Hall–Kier alpha value is -2.10. The van der Waals surface area contributed by atoms with Crippen molar-refractivity contribution in [3.63, 3.8) is 0 Å². The fraction of sp³-hybridized carbons (Fsp3) is 0.333. The van der Waals surface area contributed by atoms with Gasteiger partial charge in [-0.2, -0.15) is 5.26 Å². The third kappa shape index (κ3) is 2.16. The second kappa shape index (κ2) is 4.06. The zero-order valence-electron chi connectivity index (χ0n) is 6.65. The van der Waals surface area contributed by atoms with Gasteiger partial charge in [0.15, 0.2) is 0 Å². The van der Waals surface area contributed by atoms with E-state index in [2.05, 4.69) is 20.3 Å². The van der Waals surface area contributed by atoms with Gasteiger partial charge in [0, 0.05) is 6.54 Å². The van der Waals surface area contributed by atoms with E-state index in [9.17, 15) is 4.79 Å². The number of nitriles is 1. The molecule has 0 aliphatic carbocycles. The number of nitrogens with two attached hydrogens (primary N) is 1. The standard InChI is InChI=1S/C6H7N5O2/c7-2-1-3-9-6(12)4-5(8)11-13-10-4/h1,3H2,(H2,8,11)(H,9,12). The Morgan fingerprint density at radius 3 is 3.00 bits per heavy atom. The Morgan fingerprint density at radius 2 is 2.46 bits per heavy atom. The molecule has 0 spiro atoms. The third-order valence-electron chi connectivity index (χ3n) is 1.25. The number of rotatable bonds is 3. The van der Waals surface area contributed by atoms with Crippen molar-refractivity contribution < 1.29 is 9.42 Å². The van der Waals surface area contributed by atoms with Gasteiger partial charge in [-0.15, -0.1) is 0 Å². The highest BCUT2D eigenvalue weighted by Crippen LogP contribution is 2.02. The van der Waals surface area contributed by atoms with Crippen molar-refractivity contribution in [1.29, 1.82) is 5.26 Å². The number of carbonyl (C=O) groups is 1. The summed E-state index contributed by atoms with van der Waals surface area (Å²) in [5.41, 5.74) is 5.20. The molecule has 0 fully saturated rings. The highest BCUT2D eigenvalue weighted by Gasteiger charge is 2.14. The van der Waals surface area contributed by atoms with Gasteiger partial charge in [-0.3, -0.25) is 4.79 Å². The quantitative estimate of drug-likeness (QED) is 0.595. The number of anilines is 1. The van der Waals surface area contributed by atoms with Gasteiger partial charge in [0.05, 0.1) is 12.5 Å². The highest BCUT2D eigenvalue weighted by atomic mass is 16.6. The van der Waals surface area contributed by atoms with Crippen molar-refractivity contribution >= 4 is 11.7 Å². The van der Waals surface area contributed by atoms with Crippen molar-refractivity contribution in [3.8, 4) is 6.07 Å². The molecule has 0 saturated carbocycles. The molecule has 1 heterocycles. The number of nitrogens with one attached hydrogen (secondary N) is 1. The minimum atomic E-state index is -0.492. The van der Waals surface area contributed by atoms with E-state index in [1.165, 1.54) is 0 Å². The molecular weight excluding hydrogens is 174 g/mol. The lowest BCUT2D eigenvalue weighted by Gasteiger charge is -1.97. The number of hydrogen-bond donors (Lipinski definition) is 2. The van der Waals surface area contributed by atoms with Crippen molar-refractivity contribution in [2.75, 3.05) is 12.3 Å². The van der Waals surface area contributed by atoms with Gasteiger partial charge in [-0.25, -0.2) is 4.63 Å². The van der Waals surface area contributed by atoms with Gasteiger partial charge >= 0.3 is 0 Å². The third-order valence-corrected chi connectivity index (χ3v) is 1.25. The molecule has 7 heteroatoms. The summed E-state index contributed by atoms with van der Waals surface area (Å²) in [5.74, 6) is -0.552. The Labute approximate surface area is 73.5 Å². The maximum atomic E-state index is 11.1. The molecule has 0 saturated heterocycles. The molecule has 1 aromatic rings. The lowest BCUT2D eigenvalue weighted by molar-refractivity contribution is 0.0945. The number of nitrogen functional groups attached to an aromatic ring is 1. The fourth-order valence-electron chi connectivity index (χ4n) is 0.669. The number of hydrogen-bond acceptors (Lipinski definition) is 6. The number of nitrogens with zero attached hydrogens (tertiary/aromatic N) is 3. The highest BCUT2D eigenvalue weighted by molar-refractivity contribution is 5.95. The maximum absolute atomic E-state index is 11.1. The topological polar surface area (TPSA) is 118 Å². The summed E-state index contributed by atoms with van der Waals surface area (Å²) < 4.78 is 4.22. The van der Waals surface area contributed by atoms with Gasteiger partial charge in [0.25, 0.3) is 5.91 Å². The summed E-state index contributed by atoms with van der Waals surface area (Å²) in [6.45, 7) is 0.252. The van der Waals surface area contributed by atoms with Gasteiger partial charge in [-0.05, 0) is 10.3 Å². The van der Waals surface area contributed by atoms with Gasteiger partial charge in [0.2, 0.25) is 11.5 Å². The van der Waals surface area contributed by atoms with E-state index in [1.807, 2.05) is 6.07 Å². The summed E-state index contributed by atoms with van der Waals surface area (Å²) in [7, 11) is 0. The van der Waals surface area contributed by atoms with E-state index in [0.29, 0.717) is 0 Å². The minimum absolute atomic E-state index is 0.0575. The smallest absolute Gasteiger partial charge is 0.277 e. The average molecular weight is 181 g/mol. The predicted molar refractivity (Wildman–Crippen MR) is 41.3 cm³/mol. The Bertz CT molecular complexity index is 339. The molecule has 7 nitrogen and oxygen atoms in total. The van der Waals surface area contributed by atoms with E-state index >= 15 is 0 Å². The lowest BCUT2D eigenvalue weighted by atomic mass is 10.4. The van der Waals surface area contributed by atoms with Crippen molar-refractivity contribution in [3.05, 3.63) is 5.69 Å². The molecule has 0 unspecified atom stereocenters. The van der Waals surface area contributed by atoms with Crippen LogP contribution in [0.15, 0.2) is 4.63 Å². The maximum Gasteiger partial charge on any atom is 0.277 e. The first-order chi connectivity index (χ1) is 6.25. The Balaban J connectivity index is 2.50. The zero-order chi connectivity index (χ0) is 9.68. The summed E-state index contributed by atoms with van der Waals surface area (Å²) in [6, 6.07) is 1.88. The molecule has 0 bridgehead atoms. The van der Waals surface area contributed by atoms with Gasteiger partial charge in [0.1, 0.15) is 0 Å². The van der Waals surface area contributed by atoms with Crippen molar-refractivity contribution in [2.45, 2.75) is 6.42 Å². The van der Waals surface area contributed by atoms with E-state index in [1.54, 1.807) is 0 Å². The summed E-state index contributed by atoms with van der Waals surface area (Å²) in [4.78, 5) is 11.1. The molecule has 13 heavy (non-hydrogen) atoms. The molecule has 68 valence electrons. The molecular formula is C6H7N5O2. The number of aromatic nitrogens is 2. The molecule has 1 rings (SSSR count). The monoisotopic (exact) mass is 181 g/mol. The molecule has 0 aromatic carbocycles. The van der Waals surface area contributed by atoms with E-state index in [4.69, 9.17) is 11.0 Å². The SMILES string of the molecule is N#CCCNC(=O)c1nonc1N. The largest absolute Gasteiger partial charge is 0.379 e. The Kier molecular flexibility index (Phi) is 2.81.